The molecule has 6 nitrogen and oxygen atoms in total. The van der Waals surface area contributed by atoms with Gasteiger partial charge < -0.3 is 26.1 Å². The van der Waals surface area contributed by atoms with Gasteiger partial charge in [-0.2, -0.15) is 0 Å². The maximum atomic E-state index is 5.88. The molecule has 0 radical (unpaired) electrons. The fraction of sp³-hybridized carbons (Fsp3) is 0.235. The summed E-state index contributed by atoms with van der Waals surface area (Å²) in [5, 5.41) is 0. The minimum absolute atomic E-state index is 0.558. The van der Waals surface area contributed by atoms with E-state index < -0.39 is 0 Å². The monoisotopic (exact) mass is 311 g/mol. The van der Waals surface area contributed by atoms with Gasteiger partial charge in [-0.15, -0.1) is 0 Å². The van der Waals surface area contributed by atoms with Crippen LogP contribution in [0.4, 0.5) is 17.1 Å². The third-order valence-electron chi connectivity index (χ3n) is 3.90. The van der Waals surface area contributed by atoms with E-state index in [-0.39, 0.29) is 0 Å². The van der Waals surface area contributed by atoms with Crippen molar-refractivity contribution in [3.63, 3.8) is 0 Å². The Morgan fingerprint density at radius 1 is 1.13 bits per heavy atom. The van der Waals surface area contributed by atoms with E-state index in [1.807, 2.05) is 25.2 Å². The number of benzene rings is 2. The number of nitrogen functional groups attached to an aromatic ring is 2. The van der Waals surface area contributed by atoms with E-state index in [0.29, 0.717) is 18.0 Å². The molecular formula is C17H21N5O. The molecule has 0 saturated carbocycles. The summed E-state index contributed by atoms with van der Waals surface area (Å²) in [4.78, 5) is 10.1. The fourth-order valence-corrected chi connectivity index (χ4v) is 2.45. The summed E-state index contributed by atoms with van der Waals surface area (Å²) in [6.07, 6.45) is 0. The average Bonchev–Trinajstić information content (AvgIpc) is 2.98. The number of H-pyrrole nitrogens is 1. The number of ether oxygens (including phenoxy) is 1. The van der Waals surface area contributed by atoms with Crippen molar-refractivity contribution in [3.8, 4) is 11.4 Å². The van der Waals surface area contributed by atoms with E-state index in [9.17, 15) is 0 Å². The molecule has 0 aliphatic carbocycles. The highest BCUT2D eigenvalue weighted by Crippen LogP contribution is 2.27. The topological polar surface area (TPSA) is 93.2 Å². The molecule has 0 unspecified atom stereocenters. The van der Waals surface area contributed by atoms with Gasteiger partial charge in [-0.05, 0) is 36.4 Å². The van der Waals surface area contributed by atoms with Crippen LogP contribution < -0.4 is 16.4 Å². The predicted molar refractivity (Wildman–Crippen MR) is 95.5 cm³/mol. The maximum absolute atomic E-state index is 5.88. The number of aromatic amines is 1. The molecule has 120 valence electrons. The Hall–Kier alpha value is -2.73. The Morgan fingerprint density at radius 2 is 1.96 bits per heavy atom. The summed E-state index contributed by atoms with van der Waals surface area (Å²) in [6.45, 7) is 1.52. The van der Waals surface area contributed by atoms with E-state index in [4.69, 9.17) is 16.2 Å². The zero-order valence-electron chi connectivity index (χ0n) is 13.3. The van der Waals surface area contributed by atoms with Gasteiger partial charge in [-0.25, -0.2) is 4.98 Å². The Kier molecular flexibility index (Phi) is 4.08. The SMILES string of the molecule is COCCN(C)c1ccc2nc(-c3ccc(N)c(N)c3)[nH]c2c1. The zero-order valence-corrected chi connectivity index (χ0v) is 13.3. The first-order valence-corrected chi connectivity index (χ1v) is 7.43. The van der Waals surface area contributed by atoms with Gasteiger partial charge >= 0.3 is 0 Å². The number of aromatic nitrogens is 2. The summed E-state index contributed by atoms with van der Waals surface area (Å²) in [6, 6.07) is 11.7. The number of anilines is 3. The Morgan fingerprint density at radius 3 is 2.70 bits per heavy atom. The van der Waals surface area contributed by atoms with Crippen LogP contribution in [0.15, 0.2) is 36.4 Å². The standard InChI is InChI=1S/C17H21N5O/c1-22(7-8-23-2)12-4-6-15-16(10-12)21-17(20-15)11-3-5-13(18)14(19)9-11/h3-6,9-10H,7-8,18-19H2,1-2H3,(H,20,21). The van der Waals surface area contributed by atoms with Crippen molar-refractivity contribution in [2.45, 2.75) is 0 Å². The van der Waals surface area contributed by atoms with Crippen LogP contribution >= 0.6 is 0 Å². The van der Waals surface area contributed by atoms with Crippen LogP contribution in [0, 0.1) is 0 Å². The number of likely N-dealkylation sites (N-methyl/N-ethyl adjacent to an activating group) is 1. The molecule has 0 fully saturated rings. The van der Waals surface area contributed by atoms with E-state index in [1.54, 1.807) is 13.2 Å². The second kappa shape index (κ2) is 6.18. The number of fused-ring (bicyclic) bond motifs is 1. The molecule has 0 atom stereocenters. The van der Waals surface area contributed by atoms with Crippen LogP contribution in [0.25, 0.3) is 22.4 Å². The van der Waals surface area contributed by atoms with Gasteiger partial charge in [0.15, 0.2) is 0 Å². The first kappa shape index (κ1) is 15.2. The average molecular weight is 311 g/mol. The molecule has 6 heteroatoms. The number of methoxy groups -OCH3 is 1. The Bertz CT molecular complexity index is 827. The summed E-state index contributed by atoms with van der Waals surface area (Å²) >= 11 is 0. The lowest BCUT2D eigenvalue weighted by molar-refractivity contribution is 0.206. The number of imidazole rings is 1. The van der Waals surface area contributed by atoms with E-state index in [1.165, 1.54) is 0 Å². The highest BCUT2D eigenvalue weighted by molar-refractivity contribution is 5.83. The molecule has 23 heavy (non-hydrogen) atoms. The molecule has 1 heterocycles. The van der Waals surface area contributed by atoms with Crippen molar-refractivity contribution in [3.05, 3.63) is 36.4 Å². The second-order valence-electron chi connectivity index (χ2n) is 5.54. The Labute approximate surface area is 135 Å². The molecule has 1 aromatic heterocycles. The lowest BCUT2D eigenvalue weighted by Crippen LogP contribution is -2.21. The maximum Gasteiger partial charge on any atom is 0.138 e. The number of hydrogen-bond acceptors (Lipinski definition) is 5. The molecular weight excluding hydrogens is 290 g/mol. The normalized spacial score (nSPS) is 11.0. The molecule has 0 amide bonds. The molecule has 3 rings (SSSR count). The van der Waals surface area contributed by atoms with Gasteiger partial charge in [-0.3, -0.25) is 0 Å². The third-order valence-corrected chi connectivity index (χ3v) is 3.90. The van der Waals surface area contributed by atoms with E-state index >= 15 is 0 Å². The second-order valence-corrected chi connectivity index (χ2v) is 5.54. The molecule has 0 bridgehead atoms. The summed E-state index contributed by atoms with van der Waals surface area (Å²) in [5.41, 5.74) is 16.7. The highest BCUT2D eigenvalue weighted by Gasteiger charge is 2.09. The lowest BCUT2D eigenvalue weighted by atomic mass is 10.1. The summed E-state index contributed by atoms with van der Waals surface area (Å²) in [7, 11) is 3.74. The summed E-state index contributed by atoms with van der Waals surface area (Å²) in [5.74, 6) is 0.781. The van der Waals surface area contributed by atoms with Crippen LogP contribution in [0.3, 0.4) is 0 Å². The number of nitrogens with two attached hydrogens (primary N) is 2. The smallest absolute Gasteiger partial charge is 0.138 e. The minimum atomic E-state index is 0.558. The van der Waals surface area contributed by atoms with Gasteiger partial charge in [0.25, 0.3) is 0 Å². The molecule has 0 saturated heterocycles. The number of nitrogens with one attached hydrogen (secondary N) is 1. The molecule has 0 aliphatic heterocycles. The van der Waals surface area contributed by atoms with Crippen LogP contribution in [-0.4, -0.2) is 37.3 Å². The van der Waals surface area contributed by atoms with Gasteiger partial charge in [0.05, 0.1) is 29.0 Å². The van der Waals surface area contributed by atoms with Crippen molar-refractivity contribution in [2.24, 2.45) is 0 Å². The molecule has 5 N–H and O–H groups in total. The van der Waals surface area contributed by atoms with Gasteiger partial charge in [0, 0.05) is 32.0 Å². The Balaban J connectivity index is 1.94. The largest absolute Gasteiger partial charge is 0.397 e. The van der Waals surface area contributed by atoms with Crippen molar-refractivity contribution in [1.29, 1.82) is 0 Å². The molecule has 0 aliphatic rings. The van der Waals surface area contributed by atoms with Crippen molar-refractivity contribution in [2.75, 3.05) is 43.7 Å². The van der Waals surface area contributed by atoms with Crippen molar-refractivity contribution >= 4 is 28.1 Å². The van der Waals surface area contributed by atoms with Crippen LogP contribution in [0.2, 0.25) is 0 Å². The van der Waals surface area contributed by atoms with E-state index in [0.717, 1.165) is 34.7 Å². The van der Waals surface area contributed by atoms with E-state index in [2.05, 4.69) is 27.0 Å². The van der Waals surface area contributed by atoms with Crippen molar-refractivity contribution < 1.29 is 4.74 Å². The molecule has 0 spiro atoms. The van der Waals surface area contributed by atoms with Crippen LogP contribution in [0.1, 0.15) is 0 Å². The predicted octanol–water partition coefficient (Wildman–Crippen LogP) is 2.48. The van der Waals surface area contributed by atoms with Gasteiger partial charge in [0.2, 0.25) is 0 Å². The first-order chi connectivity index (χ1) is 11.1. The number of hydrogen-bond donors (Lipinski definition) is 3. The first-order valence-electron chi connectivity index (χ1n) is 7.43. The number of rotatable bonds is 5. The number of nitrogens with zero attached hydrogens (tertiary/aromatic N) is 2. The third kappa shape index (κ3) is 3.07. The van der Waals surface area contributed by atoms with Crippen LogP contribution in [-0.2, 0) is 4.74 Å². The highest BCUT2D eigenvalue weighted by atomic mass is 16.5. The van der Waals surface area contributed by atoms with Crippen molar-refractivity contribution in [1.82, 2.24) is 9.97 Å². The van der Waals surface area contributed by atoms with Gasteiger partial charge in [0.1, 0.15) is 5.82 Å². The fourth-order valence-electron chi connectivity index (χ4n) is 2.45. The molecule has 2 aromatic carbocycles. The quantitative estimate of drug-likeness (QED) is 0.629. The lowest BCUT2D eigenvalue weighted by Gasteiger charge is -2.18. The molecule has 3 aromatic rings. The van der Waals surface area contributed by atoms with Gasteiger partial charge in [-0.1, -0.05) is 0 Å². The zero-order chi connectivity index (χ0) is 16.4. The summed E-state index contributed by atoms with van der Waals surface area (Å²) < 4.78 is 5.12. The minimum Gasteiger partial charge on any atom is -0.397 e. The van der Waals surface area contributed by atoms with Crippen LogP contribution in [0.5, 0.6) is 0 Å².